The molecule has 0 saturated carbocycles. The molecular formula is C13H13N7O2. The van der Waals surface area contributed by atoms with Crippen molar-refractivity contribution in [1.82, 2.24) is 35.4 Å². The smallest absolute Gasteiger partial charge is 0.273 e. The van der Waals surface area contributed by atoms with Crippen LogP contribution in [0.25, 0.3) is 11.3 Å². The number of aryl methyl sites for hydroxylation is 1. The van der Waals surface area contributed by atoms with Gasteiger partial charge in [-0.2, -0.15) is 0 Å². The molecule has 0 bridgehead atoms. The number of carbonyl (C=O) groups is 1. The molecule has 1 amide bonds. The Morgan fingerprint density at radius 1 is 1.32 bits per heavy atom. The zero-order valence-electron chi connectivity index (χ0n) is 11.6. The van der Waals surface area contributed by atoms with Gasteiger partial charge in [-0.15, -0.1) is 5.10 Å². The summed E-state index contributed by atoms with van der Waals surface area (Å²) in [6.07, 6.45) is 8.73. The van der Waals surface area contributed by atoms with Crippen LogP contribution in [0.3, 0.4) is 0 Å². The topological polar surface area (TPSA) is 112 Å². The van der Waals surface area contributed by atoms with E-state index in [0.29, 0.717) is 24.4 Å². The van der Waals surface area contributed by atoms with Gasteiger partial charge in [0.2, 0.25) is 0 Å². The van der Waals surface area contributed by atoms with Gasteiger partial charge in [0.05, 0.1) is 11.8 Å². The second-order valence-corrected chi connectivity index (χ2v) is 4.48. The predicted molar refractivity (Wildman–Crippen MR) is 74.5 cm³/mol. The average molecular weight is 299 g/mol. The maximum atomic E-state index is 12.0. The highest BCUT2D eigenvalue weighted by Crippen LogP contribution is 2.17. The summed E-state index contributed by atoms with van der Waals surface area (Å²) in [7, 11) is 0. The SMILES string of the molecule is O=C(NCCCn1ccnn1)c1cc(-c2cncnc2)on1. The van der Waals surface area contributed by atoms with Gasteiger partial charge in [0.1, 0.15) is 6.33 Å². The molecule has 0 fully saturated rings. The first kappa shape index (κ1) is 13.9. The molecule has 0 saturated heterocycles. The van der Waals surface area contributed by atoms with Gasteiger partial charge >= 0.3 is 0 Å². The molecule has 0 spiro atoms. The van der Waals surface area contributed by atoms with Gasteiger partial charge in [-0.3, -0.25) is 9.48 Å². The normalized spacial score (nSPS) is 10.5. The van der Waals surface area contributed by atoms with Crippen LogP contribution in [0.1, 0.15) is 16.9 Å². The maximum absolute atomic E-state index is 12.0. The molecule has 3 aromatic heterocycles. The number of rotatable bonds is 6. The van der Waals surface area contributed by atoms with Gasteiger partial charge in [-0.25, -0.2) is 9.97 Å². The first-order valence-electron chi connectivity index (χ1n) is 6.67. The van der Waals surface area contributed by atoms with Crippen molar-refractivity contribution >= 4 is 5.91 Å². The summed E-state index contributed by atoms with van der Waals surface area (Å²) in [5.41, 5.74) is 0.889. The van der Waals surface area contributed by atoms with E-state index < -0.39 is 0 Å². The van der Waals surface area contributed by atoms with Crippen LogP contribution in [0.15, 0.2) is 41.7 Å². The standard InChI is InChI=1S/C13H13N7O2/c21-13(16-2-1-4-20-5-3-17-19-20)11-6-12(22-18-11)10-7-14-9-15-8-10/h3,5-9H,1-2,4H2,(H,16,21). The molecule has 0 aliphatic heterocycles. The van der Waals surface area contributed by atoms with Crippen LogP contribution in [0.2, 0.25) is 0 Å². The van der Waals surface area contributed by atoms with E-state index in [0.717, 1.165) is 6.42 Å². The summed E-state index contributed by atoms with van der Waals surface area (Å²) in [5.74, 6) is 0.166. The highest BCUT2D eigenvalue weighted by molar-refractivity contribution is 5.92. The molecule has 3 aromatic rings. The molecular weight excluding hydrogens is 286 g/mol. The third kappa shape index (κ3) is 3.32. The van der Waals surface area contributed by atoms with Crippen molar-refractivity contribution in [2.75, 3.05) is 6.54 Å². The van der Waals surface area contributed by atoms with Gasteiger partial charge in [0.25, 0.3) is 5.91 Å². The van der Waals surface area contributed by atoms with Gasteiger partial charge < -0.3 is 9.84 Å². The Hall–Kier alpha value is -3.10. The van der Waals surface area contributed by atoms with Gasteiger partial charge in [0, 0.05) is 37.7 Å². The van der Waals surface area contributed by atoms with Gasteiger partial charge in [-0.05, 0) is 6.42 Å². The van der Waals surface area contributed by atoms with Crippen LogP contribution in [-0.4, -0.2) is 42.6 Å². The van der Waals surface area contributed by atoms with E-state index in [1.54, 1.807) is 35.5 Å². The number of amides is 1. The molecule has 9 nitrogen and oxygen atoms in total. The molecule has 0 aromatic carbocycles. The lowest BCUT2D eigenvalue weighted by atomic mass is 10.2. The van der Waals surface area contributed by atoms with Crippen LogP contribution in [-0.2, 0) is 6.54 Å². The van der Waals surface area contributed by atoms with Crippen LogP contribution < -0.4 is 5.32 Å². The molecule has 0 unspecified atom stereocenters. The van der Waals surface area contributed by atoms with Crippen molar-refractivity contribution < 1.29 is 9.32 Å². The first-order chi connectivity index (χ1) is 10.8. The van der Waals surface area contributed by atoms with Crippen molar-refractivity contribution in [3.63, 3.8) is 0 Å². The largest absolute Gasteiger partial charge is 0.355 e. The Morgan fingerprint density at radius 3 is 2.95 bits per heavy atom. The molecule has 112 valence electrons. The average Bonchev–Trinajstić information content (AvgIpc) is 3.24. The fourth-order valence-electron chi connectivity index (χ4n) is 1.83. The predicted octanol–water partition coefficient (Wildman–Crippen LogP) is 0.543. The Morgan fingerprint density at radius 2 is 2.18 bits per heavy atom. The van der Waals surface area contributed by atoms with Crippen molar-refractivity contribution in [3.8, 4) is 11.3 Å². The van der Waals surface area contributed by atoms with E-state index in [2.05, 4.69) is 30.8 Å². The van der Waals surface area contributed by atoms with Crippen LogP contribution >= 0.6 is 0 Å². The van der Waals surface area contributed by atoms with E-state index in [4.69, 9.17) is 4.52 Å². The highest BCUT2D eigenvalue weighted by Gasteiger charge is 2.13. The second-order valence-electron chi connectivity index (χ2n) is 4.48. The second kappa shape index (κ2) is 6.57. The summed E-state index contributed by atoms with van der Waals surface area (Å²) in [6, 6.07) is 1.56. The number of aromatic nitrogens is 6. The summed E-state index contributed by atoms with van der Waals surface area (Å²) >= 11 is 0. The van der Waals surface area contributed by atoms with Gasteiger partial charge in [0.15, 0.2) is 11.5 Å². The Kier molecular flexibility index (Phi) is 4.14. The molecule has 0 aliphatic carbocycles. The Bertz CT molecular complexity index is 724. The lowest BCUT2D eigenvalue weighted by molar-refractivity contribution is 0.0943. The summed E-state index contributed by atoms with van der Waals surface area (Å²) < 4.78 is 6.83. The van der Waals surface area contributed by atoms with E-state index in [1.165, 1.54) is 6.33 Å². The quantitative estimate of drug-likeness (QED) is 0.661. The minimum Gasteiger partial charge on any atom is -0.355 e. The van der Waals surface area contributed by atoms with E-state index in [1.807, 2.05) is 0 Å². The minimum atomic E-state index is -0.287. The number of nitrogens with one attached hydrogen (secondary N) is 1. The fraction of sp³-hybridized carbons (Fsp3) is 0.231. The number of carbonyl (C=O) groups excluding carboxylic acids is 1. The number of hydrogen-bond donors (Lipinski definition) is 1. The molecule has 1 N–H and O–H groups in total. The van der Waals surface area contributed by atoms with Gasteiger partial charge in [-0.1, -0.05) is 10.4 Å². The molecule has 3 heterocycles. The van der Waals surface area contributed by atoms with Crippen molar-refractivity contribution in [1.29, 1.82) is 0 Å². The maximum Gasteiger partial charge on any atom is 0.273 e. The molecule has 3 rings (SSSR count). The highest BCUT2D eigenvalue weighted by atomic mass is 16.5. The summed E-state index contributed by atoms with van der Waals surface area (Å²) in [5, 5.41) is 14.1. The van der Waals surface area contributed by atoms with Crippen molar-refractivity contribution in [2.45, 2.75) is 13.0 Å². The molecule has 0 atom stereocenters. The molecule has 0 radical (unpaired) electrons. The number of nitrogens with zero attached hydrogens (tertiary/aromatic N) is 6. The minimum absolute atomic E-state index is 0.222. The van der Waals surface area contributed by atoms with E-state index in [9.17, 15) is 4.79 Å². The zero-order chi connectivity index (χ0) is 15.2. The lowest BCUT2D eigenvalue weighted by Crippen LogP contribution is -2.25. The number of hydrogen-bond acceptors (Lipinski definition) is 7. The Balaban J connectivity index is 1.51. The monoisotopic (exact) mass is 299 g/mol. The van der Waals surface area contributed by atoms with Crippen molar-refractivity contribution in [2.24, 2.45) is 0 Å². The van der Waals surface area contributed by atoms with E-state index in [-0.39, 0.29) is 11.6 Å². The third-order valence-electron chi connectivity index (χ3n) is 2.91. The van der Waals surface area contributed by atoms with E-state index >= 15 is 0 Å². The molecule has 9 heteroatoms. The van der Waals surface area contributed by atoms with Crippen LogP contribution in [0, 0.1) is 0 Å². The third-order valence-corrected chi connectivity index (χ3v) is 2.91. The zero-order valence-corrected chi connectivity index (χ0v) is 11.6. The Labute approximate surface area is 125 Å². The molecule has 0 aliphatic rings. The summed E-state index contributed by atoms with van der Waals surface area (Å²) in [6.45, 7) is 1.20. The fourth-order valence-corrected chi connectivity index (χ4v) is 1.83. The first-order valence-corrected chi connectivity index (χ1v) is 6.67. The summed E-state index contributed by atoms with van der Waals surface area (Å²) in [4.78, 5) is 19.7. The molecule has 22 heavy (non-hydrogen) atoms. The van der Waals surface area contributed by atoms with Crippen molar-refractivity contribution in [3.05, 3.63) is 42.9 Å². The van der Waals surface area contributed by atoms with Crippen LogP contribution in [0.5, 0.6) is 0 Å². The lowest BCUT2D eigenvalue weighted by Gasteiger charge is -2.02. The van der Waals surface area contributed by atoms with Crippen LogP contribution in [0.4, 0.5) is 0 Å².